The fraction of sp³-hybridized carbons (Fsp3) is 0.769. The second kappa shape index (κ2) is 6.45. The summed E-state index contributed by atoms with van der Waals surface area (Å²) in [5.74, 6) is 0.567. The second-order valence-electron chi connectivity index (χ2n) is 5.18. The molecule has 0 aromatic carbocycles. The maximum atomic E-state index is 11.4. The van der Waals surface area contributed by atoms with Gasteiger partial charge in [-0.25, -0.2) is 8.42 Å². The number of sulfone groups is 1. The third-order valence-corrected chi connectivity index (χ3v) is 5.96. The SMILES string of the molecule is CCc1nn(CC)c(CNC2CCS(=O)(=O)CC2)c1Cl. The molecular weight excluding hydrogens is 298 g/mol. The zero-order chi connectivity index (χ0) is 14.8. The first-order valence-electron chi connectivity index (χ1n) is 7.14. The first kappa shape index (κ1) is 15.8. The summed E-state index contributed by atoms with van der Waals surface area (Å²) in [6.45, 7) is 5.51. The van der Waals surface area contributed by atoms with Crippen molar-refractivity contribution < 1.29 is 8.42 Å². The molecular formula is C13H22ClN3O2S. The van der Waals surface area contributed by atoms with Crippen molar-refractivity contribution in [1.82, 2.24) is 15.1 Å². The van der Waals surface area contributed by atoms with E-state index >= 15 is 0 Å². The molecule has 2 heterocycles. The Bertz CT molecular complexity index is 554. The van der Waals surface area contributed by atoms with Gasteiger partial charge in [0.25, 0.3) is 0 Å². The van der Waals surface area contributed by atoms with Crippen LogP contribution in [0, 0.1) is 0 Å². The molecule has 0 atom stereocenters. The van der Waals surface area contributed by atoms with Crippen LogP contribution in [0.1, 0.15) is 38.1 Å². The molecule has 2 rings (SSSR count). The Hall–Kier alpha value is -0.590. The molecule has 0 amide bonds. The standard InChI is InChI=1S/C13H22ClN3O2S/c1-3-11-13(14)12(17(4-2)16-11)9-15-10-5-7-20(18,19)8-6-10/h10,15H,3-9H2,1-2H3. The minimum Gasteiger partial charge on any atom is -0.308 e. The van der Waals surface area contributed by atoms with Crippen molar-refractivity contribution in [3.05, 3.63) is 16.4 Å². The summed E-state index contributed by atoms with van der Waals surface area (Å²) in [6, 6.07) is 0.250. The van der Waals surface area contributed by atoms with Crippen LogP contribution in [-0.2, 0) is 29.3 Å². The quantitative estimate of drug-likeness (QED) is 0.898. The van der Waals surface area contributed by atoms with E-state index in [1.165, 1.54) is 0 Å². The minimum absolute atomic E-state index is 0.250. The van der Waals surface area contributed by atoms with Crippen LogP contribution in [0.3, 0.4) is 0 Å². The fourth-order valence-electron chi connectivity index (χ4n) is 2.52. The Morgan fingerprint density at radius 2 is 2.00 bits per heavy atom. The van der Waals surface area contributed by atoms with Crippen LogP contribution in [0.5, 0.6) is 0 Å². The topological polar surface area (TPSA) is 64.0 Å². The van der Waals surface area contributed by atoms with Crippen molar-refractivity contribution in [3.8, 4) is 0 Å². The molecule has 1 aromatic heterocycles. The lowest BCUT2D eigenvalue weighted by Crippen LogP contribution is -2.37. The number of hydrogen-bond donors (Lipinski definition) is 1. The van der Waals surface area contributed by atoms with Gasteiger partial charge in [-0.2, -0.15) is 5.10 Å². The number of nitrogens with zero attached hydrogens (tertiary/aromatic N) is 2. The van der Waals surface area contributed by atoms with Crippen LogP contribution < -0.4 is 5.32 Å². The summed E-state index contributed by atoms with van der Waals surface area (Å²) in [7, 11) is -2.80. The van der Waals surface area contributed by atoms with E-state index in [1.54, 1.807) is 0 Å². The van der Waals surface area contributed by atoms with Crippen molar-refractivity contribution in [3.63, 3.8) is 0 Å². The Labute approximate surface area is 125 Å². The molecule has 1 saturated heterocycles. The second-order valence-corrected chi connectivity index (χ2v) is 7.87. The largest absolute Gasteiger partial charge is 0.308 e. The molecule has 0 unspecified atom stereocenters. The third kappa shape index (κ3) is 3.54. The van der Waals surface area contributed by atoms with E-state index in [1.807, 2.05) is 18.5 Å². The van der Waals surface area contributed by atoms with Gasteiger partial charge in [0.15, 0.2) is 0 Å². The summed E-state index contributed by atoms with van der Waals surface area (Å²) in [6.07, 6.45) is 2.18. The lowest BCUT2D eigenvalue weighted by Gasteiger charge is -2.23. The molecule has 0 bridgehead atoms. The van der Waals surface area contributed by atoms with E-state index in [0.29, 0.717) is 19.4 Å². The molecule has 0 spiro atoms. The molecule has 5 nitrogen and oxygen atoms in total. The predicted molar refractivity (Wildman–Crippen MR) is 80.8 cm³/mol. The van der Waals surface area contributed by atoms with Crippen molar-refractivity contribution >= 4 is 21.4 Å². The van der Waals surface area contributed by atoms with Gasteiger partial charge in [-0.15, -0.1) is 0 Å². The van der Waals surface area contributed by atoms with Crippen LogP contribution in [-0.4, -0.2) is 35.7 Å². The molecule has 0 saturated carbocycles. The first-order valence-corrected chi connectivity index (χ1v) is 9.34. The first-order chi connectivity index (χ1) is 9.46. The van der Waals surface area contributed by atoms with Crippen LogP contribution in [0.15, 0.2) is 0 Å². The molecule has 20 heavy (non-hydrogen) atoms. The summed E-state index contributed by atoms with van der Waals surface area (Å²) >= 11 is 6.35. The molecule has 7 heteroatoms. The van der Waals surface area contributed by atoms with Gasteiger partial charge in [-0.05, 0) is 26.2 Å². The Morgan fingerprint density at radius 3 is 2.55 bits per heavy atom. The number of halogens is 1. The predicted octanol–water partition coefficient (Wildman–Crippen LogP) is 1.79. The van der Waals surface area contributed by atoms with E-state index in [-0.39, 0.29) is 17.5 Å². The molecule has 114 valence electrons. The van der Waals surface area contributed by atoms with Crippen molar-refractivity contribution in [1.29, 1.82) is 0 Å². The highest BCUT2D eigenvalue weighted by molar-refractivity contribution is 7.91. The zero-order valence-electron chi connectivity index (χ0n) is 12.0. The Kier molecular flexibility index (Phi) is 5.09. The van der Waals surface area contributed by atoms with E-state index in [9.17, 15) is 8.42 Å². The van der Waals surface area contributed by atoms with Gasteiger partial charge in [0, 0.05) is 19.1 Å². The van der Waals surface area contributed by atoms with Crippen LogP contribution >= 0.6 is 11.6 Å². The lowest BCUT2D eigenvalue weighted by molar-refractivity contribution is 0.451. The molecule has 1 aromatic rings. The van der Waals surface area contributed by atoms with Gasteiger partial charge >= 0.3 is 0 Å². The van der Waals surface area contributed by atoms with Gasteiger partial charge in [-0.1, -0.05) is 18.5 Å². The highest BCUT2D eigenvalue weighted by Gasteiger charge is 2.24. The van der Waals surface area contributed by atoms with Gasteiger partial charge in [-0.3, -0.25) is 4.68 Å². The summed E-state index contributed by atoms with van der Waals surface area (Å²) in [4.78, 5) is 0. The maximum absolute atomic E-state index is 11.4. The van der Waals surface area contributed by atoms with Crippen molar-refractivity contribution in [2.24, 2.45) is 0 Å². The number of aromatic nitrogens is 2. The molecule has 1 aliphatic rings. The molecule has 0 radical (unpaired) electrons. The number of nitrogens with one attached hydrogen (secondary N) is 1. The smallest absolute Gasteiger partial charge is 0.150 e. The Balaban J connectivity index is 1.99. The summed E-state index contributed by atoms with van der Waals surface area (Å²) < 4.78 is 24.7. The van der Waals surface area contributed by atoms with Crippen LogP contribution in [0.25, 0.3) is 0 Å². The molecule has 1 N–H and O–H groups in total. The van der Waals surface area contributed by atoms with Crippen molar-refractivity contribution in [2.45, 2.75) is 52.2 Å². The molecule has 1 aliphatic heterocycles. The van der Waals surface area contributed by atoms with Gasteiger partial charge in [0.1, 0.15) is 9.84 Å². The maximum Gasteiger partial charge on any atom is 0.150 e. The number of rotatable bonds is 5. The van der Waals surface area contributed by atoms with Crippen LogP contribution in [0.2, 0.25) is 5.02 Å². The number of hydrogen-bond acceptors (Lipinski definition) is 4. The third-order valence-electron chi connectivity index (χ3n) is 3.81. The van der Waals surface area contributed by atoms with E-state index < -0.39 is 9.84 Å². The van der Waals surface area contributed by atoms with Crippen molar-refractivity contribution in [2.75, 3.05) is 11.5 Å². The summed E-state index contributed by atoms with van der Waals surface area (Å²) in [5.41, 5.74) is 1.93. The average Bonchev–Trinajstić information content (AvgIpc) is 2.73. The monoisotopic (exact) mass is 319 g/mol. The average molecular weight is 320 g/mol. The van der Waals surface area contributed by atoms with E-state index in [0.717, 1.165) is 29.4 Å². The van der Waals surface area contributed by atoms with Gasteiger partial charge in [0.2, 0.25) is 0 Å². The normalized spacial score (nSPS) is 19.4. The molecule has 1 fully saturated rings. The number of aryl methyl sites for hydroxylation is 2. The fourth-order valence-corrected chi connectivity index (χ4v) is 4.35. The van der Waals surface area contributed by atoms with Gasteiger partial charge < -0.3 is 5.32 Å². The summed E-state index contributed by atoms with van der Waals surface area (Å²) in [5, 5.41) is 8.64. The highest BCUT2D eigenvalue weighted by atomic mass is 35.5. The molecule has 0 aliphatic carbocycles. The lowest BCUT2D eigenvalue weighted by atomic mass is 10.1. The van der Waals surface area contributed by atoms with E-state index in [4.69, 9.17) is 11.6 Å². The minimum atomic E-state index is -2.80. The Morgan fingerprint density at radius 1 is 1.35 bits per heavy atom. The van der Waals surface area contributed by atoms with Gasteiger partial charge in [0.05, 0.1) is 27.9 Å². The zero-order valence-corrected chi connectivity index (χ0v) is 13.6. The van der Waals surface area contributed by atoms with E-state index in [2.05, 4.69) is 10.4 Å². The highest BCUT2D eigenvalue weighted by Crippen LogP contribution is 2.22. The van der Waals surface area contributed by atoms with Crippen LogP contribution in [0.4, 0.5) is 0 Å².